The second kappa shape index (κ2) is 5.02. The largest absolute Gasteiger partial charge is 0.388 e. The van der Waals surface area contributed by atoms with E-state index in [0.29, 0.717) is 5.69 Å². The summed E-state index contributed by atoms with van der Waals surface area (Å²) >= 11 is 0. The normalized spacial score (nSPS) is 17.2. The molecule has 0 unspecified atom stereocenters. The molecule has 1 fully saturated rings. The van der Waals surface area contributed by atoms with Crippen molar-refractivity contribution in [1.29, 1.82) is 0 Å². The van der Waals surface area contributed by atoms with Crippen molar-refractivity contribution in [3.63, 3.8) is 0 Å². The van der Waals surface area contributed by atoms with Gasteiger partial charge in [0.05, 0.1) is 5.52 Å². The van der Waals surface area contributed by atoms with Gasteiger partial charge in [0, 0.05) is 30.2 Å². The molecule has 21 heavy (non-hydrogen) atoms. The van der Waals surface area contributed by atoms with Gasteiger partial charge in [-0.3, -0.25) is 4.79 Å². The van der Waals surface area contributed by atoms with E-state index in [4.69, 9.17) is 0 Å². The van der Waals surface area contributed by atoms with E-state index in [-0.39, 0.29) is 11.4 Å². The minimum atomic E-state index is -0.0792. The van der Waals surface area contributed by atoms with E-state index in [1.807, 2.05) is 42.3 Å². The van der Waals surface area contributed by atoms with E-state index < -0.39 is 0 Å². The van der Waals surface area contributed by atoms with Crippen LogP contribution < -0.4 is 5.32 Å². The van der Waals surface area contributed by atoms with Crippen LogP contribution >= 0.6 is 0 Å². The van der Waals surface area contributed by atoms with Crippen molar-refractivity contribution < 1.29 is 4.79 Å². The maximum atomic E-state index is 12.8. The number of fused-ring (bicyclic) bond motifs is 1. The number of likely N-dealkylation sites (tertiary alicyclic amines) is 1. The highest BCUT2D eigenvalue weighted by molar-refractivity contribution is 6.00. The summed E-state index contributed by atoms with van der Waals surface area (Å²) in [6, 6.07) is 9.75. The van der Waals surface area contributed by atoms with Crippen molar-refractivity contribution in [2.45, 2.75) is 32.2 Å². The highest BCUT2D eigenvalue weighted by Crippen LogP contribution is 2.31. The van der Waals surface area contributed by atoms with Crippen LogP contribution in [0.4, 0.5) is 5.69 Å². The van der Waals surface area contributed by atoms with Crippen LogP contribution in [0.3, 0.4) is 0 Å². The Labute approximate surface area is 125 Å². The molecule has 4 nitrogen and oxygen atoms in total. The lowest BCUT2D eigenvalue weighted by Crippen LogP contribution is -2.43. The first-order valence-electron chi connectivity index (χ1n) is 7.42. The highest BCUT2D eigenvalue weighted by atomic mass is 16.2. The molecule has 0 spiro atoms. The molecule has 0 saturated carbocycles. The molecule has 2 aromatic rings. The van der Waals surface area contributed by atoms with Crippen molar-refractivity contribution in [3.05, 3.63) is 36.0 Å². The van der Waals surface area contributed by atoms with Gasteiger partial charge in [0.2, 0.25) is 0 Å². The van der Waals surface area contributed by atoms with Crippen LogP contribution in [0.15, 0.2) is 30.3 Å². The number of anilines is 1. The summed E-state index contributed by atoms with van der Waals surface area (Å²) in [5.74, 6) is 0.0275. The molecular weight excluding hydrogens is 262 g/mol. The predicted molar refractivity (Wildman–Crippen MR) is 85.6 cm³/mol. The topological polar surface area (TPSA) is 45.2 Å². The average molecular weight is 283 g/mol. The molecule has 0 radical (unpaired) electrons. The van der Waals surface area contributed by atoms with Crippen molar-refractivity contribution in [3.8, 4) is 0 Å². The van der Waals surface area contributed by atoms with Crippen molar-refractivity contribution in [2.24, 2.45) is 0 Å². The summed E-state index contributed by atoms with van der Waals surface area (Å²) in [5, 5.41) is 4.20. The first kappa shape index (κ1) is 13.9. The van der Waals surface area contributed by atoms with E-state index in [1.54, 1.807) is 0 Å². The average Bonchev–Trinajstić information content (AvgIpc) is 2.84. The van der Waals surface area contributed by atoms with Gasteiger partial charge in [0.15, 0.2) is 0 Å². The minimum absolute atomic E-state index is 0.0275. The monoisotopic (exact) mass is 283 g/mol. The number of nitrogens with one attached hydrogen (secondary N) is 1. The minimum Gasteiger partial charge on any atom is -0.388 e. The number of benzene rings is 1. The van der Waals surface area contributed by atoms with Crippen LogP contribution in [0.5, 0.6) is 0 Å². The standard InChI is InChI=1S/C17H21N3O/c1-17(2)9-6-10-20(17)16(21)15-11-14(18-3)12-7-4-5-8-13(12)19-15/h4-5,7-8,11H,6,9-10H2,1-3H3,(H,18,19). The fourth-order valence-electron chi connectivity index (χ4n) is 3.11. The van der Waals surface area contributed by atoms with Gasteiger partial charge in [-0.15, -0.1) is 0 Å². The van der Waals surface area contributed by atoms with E-state index >= 15 is 0 Å². The van der Waals surface area contributed by atoms with Gasteiger partial charge >= 0.3 is 0 Å². The second-order valence-electron chi connectivity index (χ2n) is 6.19. The Morgan fingerprint density at radius 2 is 2.10 bits per heavy atom. The van der Waals surface area contributed by atoms with Gasteiger partial charge in [-0.05, 0) is 38.8 Å². The second-order valence-corrected chi connectivity index (χ2v) is 6.19. The van der Waals surface area contributed by atoms with Crippen LogP contribution in [0.25, 0.3) is 10.9 Å². The highest BCUT2D eigenvalue weighted by Gasteiger charge is 2.36. The van der Waals surface area contributed by atoms with Crippen molar-refractivity contribution in [2.75, 3.05) is 18.9 Å². The Bertz CT molecular complexity index is 693. The van der Waals surface area contributed by atoms with Gasteiger partial charge in [-0.25, -0.2) is 4.98 Å². The third-order valence-electron chi connectivity index (χ3n) is 4.35. The lowest BCUT2D eigenvalue weighted by Gasteiger charge is -2.31. The number of para-hydroxylation sites is 1. The maximum absolute atomic E-state index is 12.8. The Hall–Kier alpha value is -2.10. The molecule has 2 heterocycles. The van der Waals surface area contributed by atoms with E-state index in [9.17, 15) is 4.79 Å². The predicted octanol–water partition coefficient (Wildman–Crippen LogP) is 3.29. The Morgan fingerprint density at radius 1 is 1.33 bits per heavy atom. The zero-order valence-corrected chi connectivity index (χ0v) is 12.8. The van der Waals surface area contributed by atoms with E-state index in [1.165, 1.54) is 0 Å². The summed E-state index contributed by atoms with van der Waals surface area (Å²) in [7, 11) is 1.87. The summed E-state index contributed by atoms with van der Waals surface area (Å²) in [6.45, 7) is 5.06. The van der Waals surface area contributed by atoms with Crippen molar-refractivity contribution in [1.82, 2.24) is 9.88 Å². The molecule has 1 saturated heterocycles. The molecule has 1 aliphatic rings. The molecule has 3 rings (SSSR count). The molecule has 1 amide bonds. The molecule has 0 atom stereocenters. The third kappa shape index (κ3) is 2.35. The number of aromatic nitrogens is 1. The van der Waals surface area contributed by atoms with Gasteiger partial charge in [-0.2, -0.15) is 0 Å². The summed E-state index contributed by atoms with van der Waals surface area (Å²) in [6.07, 6.45) is 2.11. The van der Waals surface area contributed by atoms with Gasteiger partial charge in [-0.1, -0.05) is 18.2 Å². The quantitative estimate of drug-likeness (QED) is 0.920. The molecular formula is C17H21N3O. The fourth-order valence-corrected chi connectivity index (χ4v) is 3.11. The Morgan fingerprint density at radius 3 is 2.76 bits per heavy atom. The number of pyridine rings is 1. The zero-order valence-electron chi connectivity index (χ0n) is 12.8. The molecule has 1 aromatic heterocycles. The first-order chi connectivity index (χ1) is 10.0. The molecule has 0 bridgehead atoms. The molecule has 1 N–H and O–H groups in total. The third-order valence-corrected chi connectivity index (χ3v) is 4.35. The van der Waals surface area contributed by atoms with Crippen LogP contribution in [-0.2, 0) is 0 Å². The lowest BCUT2D eigenvalue weighted by atomic mass is 10.0. The SMILES string of the molecule is CNc1cc(C(=O)N2CCCC2(C)C)nc2ccccc12. The number of amides is 1. The molecule has 1 aromatic carbocycles. The molecule has 110 valence electrons. The van der Waals surface area contributed by atoms with Crippen LogP contribution in [0.2, 0.25) is 0 Å². The number of hydrogen-bond acceptors (Lipinski definition) is 3. The van der Waals surface area contributed by atoms with Gasteiger partial charge in [0.25, 0.3) is 5.91 Å². The lowest BCUT2D eigenvalue weighted by molar-refractivity contribution is 0.0646. The maximum Gasteiger partial charge on any atom is 0.272 e. The number of carbonyl (C=O) groups excluding carboxylic acids is 1. The smallest absolute Gasteiger partial charge is 0.272 e. The first-order valence-corrected chi connectivity index (χ1v) is 7.42. The van der Waals surface area contributed by atoms with E-state index in [0.717, 1.165) is 36.0 Å². The number of carbonyl (C=O) groups is 1. The molecule has 4 heteroatoms. The zero-order chi connectivity index (χ0) is 15.0. The van der Waals surface area contributed by atoms with E-state index in [2.05, 4.69) is 24.1 Å². The summed E-state index contributed by atoms with van der Waals surface area (Å²) in [4.78, 5) is 19.3. The number of hydrogen-bond donors (Lipinski definition) is 1. The fraction of sp³-hybridized carbons (Fsp3) is 0.412. The Balaban J connectivity index is 2.06. The van der Waals surface area contributed by atoms with Crippen LogP contribution in [-0.4, -0.2) is 34.9 Å². The van der Waals surface area contributed by atoms with Crippen LogP contribution in [0.1, 0.15) is 37.2 Å². The van der Waals surface area contributed by atoms with Gasteiger partial charge in [0.1, 0.15) is 5.69 Å². The van der Waals surface area contributed by atoms with Crippen molar-refractivity contribution >= 4 is 22.5 Å². The number of nitrogens with zero attached hydrogens (tertiary/aromatic N) is 2. The molecule has 1 aliphatic heterocycles. The Kier molecular flexibility index (Phi) is 3.32. The summed E-state index contributed by atoms with van der Waals surface area (Å²) in [5.41, 5.74) is 2.24. The van der Waals surface area contributed by atoms with Gasteiger partial charge < -0.3 is 10.2 Å². The number of rotatable bonds is 2. The molecule has 0 aliphatic carbocycles. The summed E-state index contributed by atoms with van der Waals surface area (Å²) < 4.78 is 0. The van der Waals surface area contributed by atoms with Crippen LogP contribution in [0, 0.1) is 0 Å².